The van der Waals surface area contributed by atoms with Crippen molar-refractivity contribution in [3.05, 3.63) is 17.1 Å². The third-order valence-corrected chi connectivity index (χ3v) is 2.25. The molecule has 0 spiro atoms. The maximum absolute atomic E-state index is 11.4. The molecule has 0 bridgehead atoms. The lowest BCUT2D eigenvalue weighted by Gasteiger charge is -1.98. The van der Waals surface area contributed by atoms with Crippen LogP contribution in [0.5, 0.6) is 0 Å². The van der Waals surface area contributed by atoms with Crippen LogP contribution in [0, 0.1) is 13.8 Å². The summed E-state index contributed by atoms with van der Waals surface area (Å²) in [4.78, 5) is 15.4. The zero-order chi connectivity index (χ0) is 11.9. The number of esters is 1. The number of anilines is 1. The summed E-state index contributed by atoms with van der Waals surface area (Å²) in [7, 11) is 1.30. The van der Waals surface area contributed by atoms with Gasteiger partial charge in [-0.2, -0.15) is 0 Å². The minimum atomic E-state index is -0.514. The lowest BCUT2D eigenvalue weighted by atomic mass is 10.2. The summed E-state index contributed by atoms with van der Waals surface area (Å²) in [6.45, 7) is 3.42. The summed E-state index contributed by atoms with van der Waals surface area (Å²) in [5.74, 6) is 0.275. The lowest BCUT2D eigenvalue weighted by Crippen LogP contribution is -2.05. The molecule has 0 aromatic carbocycles. The molecule has 0 aliphatic rings. The Bertz CT molecular complexity index is 575. The molecule has 16 heavy (non-hydrogen) atoms. The monoisotopic (exact) mass is 221 g/mol. The molecule has 0 fully saturated rings. The van der Waals surface area contributed by atoms with Crippen LogP contribution in [0.3, 0.4) is 0 Å². The summed E-state index contributed by atoms with van der Waals surface area (Å²) in [5.41, 5.74) is 7.10. The normalized spacial score (nSPS) is 10.7. The topological polar surface area (TPSA) is 95.4 Å². The molecule has 0 aliphatic carbocycles. The van der Waals surface area contributed by atoms with Crippen LogP contribution in [0.25, 0.3) is 5.52 Å². The predicted octanol–water partition coefficient (Wildman–Crippen LogP) is 0.110. The SMILES string of the molecule is COC(=O)c1nn2nc(C)nc(N)c2c1C. The average molecular weight is 221 g/mol. The second-order valence-electron chi connectivity index (χ2n) is 3.35. The Labute approximate surface area is 91.2 Å². The van der Waals surface area contributed by atoms with E-state index in [0.29, 0.717) is 22.7 Å². The molecule has 0 saturated heterocycles. The Kier molecular flexibility index (Phi) is 2.22. The van der Waals surface area contributed by atoms with Gasteiger partial charge in [0.25, 0.3) is 0 Å². The van der Waals surface area contributed by atoms with Gasteiger partial charge in [0.2, 0.25) is 0 Å². The molecule has 84 valence electrons. The van der Waals surface area contributed by atoms with Crippen molar-refractivity contribution in [3.8, 4) is 0 Å². The van der Waals surface area contributed by atoms with Crippen molar-refractivity contribution in [1.29, 1.82) is 0 Å². The van der Waals surface area contributed by atoms with Gasteiger partial charge in [-0.25, -0.2) is 9.78 Å². The first-order valence-corrected chi connectivity index (χ1v) is 4.62. The number of carbonyl (C=O) groups excluding carboxylic acids is 1. The van der Waals surface area contributed by atoms with E-state index in [9.17, 15) is 4.79 Å². The smallest absolute Gasteiger partial charge is 0.358 e. The van der Waals surface area contributed by atoms with Crippen molar-refractivity contribution in [3.63, 3.8) is 0 Å². The Hall–Kier alpha value is -2.18. The number of methoxy groups -OCH3 is 1. The molecule has 2 rings (SSSR count). The fourth-order valence-corrected chi connectivity index (χ4v) is 1.53. The predicted molar refractivity (Wildman–Crippen MR) is 56.0 cm³/mol. The molecular formula is C9H11N5O2. The van der Waals surface area contributed by atoms with E-state index < -0.39 is 5.97 Å². The van der Waals surface area contributed by atoms with E-state index in [2.05, 4.69) is 19.9 Å². The molecule has 2 heterocycles. The number of carbonyl (C=O) groups is 1. The van der Waals surface area contributed by atoms with Crippen LogP contribution in [0.4, 0.5) is 5.82 Å². The van der Waals surface area contributed by atoms with Crippen LogP contribution in [0.2, 0.25) is 0 Å². The molecule has 2 N–H and O–H groups in total. The highest BCUT2D eigenvalue weighted by Crippen LogP contribution is 2.18. The Morgan fingerprint density at radius 2 is 2.06 bits per heavy atom. The number of aryl methyl sites for hydroxylation is 2. The van der Waals surface area contributed by atoms with Crippen molar-refractivity contribution < 1.29 is 9.53 Å². The van der Waals surface area contributed by atoms with Gasteiger partial charge in [0.1, 0.15) is 11.3 Å². The van der Waals surface area contributed by atoms with Gasteiger partial charge in [0, 0.05) is 5.56 Å². The number of nitrogens with two attached hydrogens (primary N) is 1. The highest BCUT2D eigenvalue weighted by molar-refractivity contribution is 5.92. The number of fused-ring (bicyclic) bond motifs is 1. The van der Waals surface area contributed by atoms with Gasteiger partial charge < -0.3 is 10.5 Å². The molecule has 0 aliphatic heterocycles. The third-order valence-electron chi connectivity index (χ3n) is 2.25. The fourth-order valence-electron chi connectivity index (χ4n) is 1.53. The van der Waals surface area contributed by atoms with Crippen LogP contribution in [0.15, 0.2) is 0 Å². The van der Waals surface area contributed by atoms with Gasteiger partial charge in [-0.1, -0.05) is 0 Å². The summed E-state index contributed by atoms with van der Waals surface area (Å²) < 4.78 is 5.92. The molecule has 2 aromatic heterocycles. The quantitative estimate of drug-likeness (QED) is 0.686. The molecule has 0 atom stereocenters. The maximum Gasteiger partial charge on any atom is 0.358 e. The van der Waals surface area contributed by atoms with Crippen LogP contribution >= 0.6 is 0 Å². The number of hydrogen-bond donors (Lipinski definition) is 1. The molecule has 0 radical (unpaired) electrons. The van der Waals surface area contributed by atoms with Crippen molar-refractivity contribution in [2.24, 2.45) is 0 Å². The fraction of sp³-hybridized carbons (Fsp3) is 0.333. The van der Waals surface area contributed by atoms with Crippen LogP contribution in [-0.2, 0) is 4.74 Å². The Morgan fingerprint density at radius 1 is 1.38 bits per heavy atom. The number of aromatic nitrogens is 4. The van der Waals surface area contributed by atoms with Crippen LogP contribution in [0.1, 0.15) is 21.9 Å². The summed E-state index contributed by atoms with van der Waals surface area (Å²) >= 11 is 0. The molecule has 0 unspecified atom stereocenters. The first kappa shape index (κ1) is 10.3. The standard InChI is InChI=1S/C9H11N5O2/c1-4-6(9(15)16-3)13-14-7(4)8(10)11-5(2)12-14/h1-3H3,(H2,10,11,12). The zero-order valence-electron chi connectivity index (χ0n) is 9.18. The van der Waals surface area contributed by atoms with Crippen LogP contribution < -0.4 is 5.73 Å². The summed E-state index contributed by atoms with van der Waals surface area (Å²) in [5, 5.41) is 8.06. The third kappa shape index (κ3) is 1.37. The minimum absolute atomic E-state index is 0.203. The van der Waals surface area contributed by atoms with Gasteiger partial charge in [0.05, 0.1) is 7.11 Å². The van der Waals surface area contributed by atoms with Gasteiger partial charge >= 0.3 is 5.97 Å². The number of hydrogen-bond acceptors (Lipinski definition) is 6. The van der Waals surface area contributed by atoms with E-state index in [1.807, 2.05) is 0 Å². The van der Waals surface area contributed by atoms with Crippen LogP contribution in [-0.4, -0.2) is 32.9 Å². The van der Waals surface area contributed by atoms with Gasteiger partial charge in [0.15, 0.2) is 11.5 Å². The summed E-state index contributed by atoms with van der Waals surface area (Å²) in [6, 6.07) is 0. The van der Waals surface area contributed by atoms with Crippen molar-refractivity contribution in [2.75, 3.05) is 12.8 Å². The molecule has 7 nitrogen and oxygen atoms in total. The summed E-state index contributed by atoms with van der Waals surface area (Å²) in [6.07, 6.45) is 0. The average Bonchev–Trinajstić information content (AvgIpc) is 2.54. The molecule has 0 saturated carbocycles. The van der Waals surface area contributed by atoms with Crippen molar-refractivity contribution in [1.82, 2.24) is 19.8 Å². The highest BCUT2D eigenvalue weighted by atomic mass is 16.5. The highest BCUT2D eigenvalue weighted by Gasteiger charge is 2.19. The maximum atomic E-state index is 11.4. The molecule has 2 aromatic rings. The van der Waals surface area contributed by atoms with E-state index >= 15 is 0 Å². The number of nitrogens with zero attached hydrogens (tertiary/aromatic N) is 4. The van der Waals surface area contributed by atoms with E-state index in [0.717, 1.165) is 0 Å². The first-order valence-electron chi connectivity index (χ1n) is 4.62. The van der Waals surface area contributed by atoms with Gasteiger partial charge in [-0.15, -0.1) is 14.8 Å². The minimum Gasteiger partial charge on any atom is -0.464 e. The molecule has 0 amide bonds. The molecular weight excluding hydrogens is 210 g/mol. The van der Waals surface area contributed by atoms with E-state index in [-0.39, 0.29) is 5.69 Å². The number of ether oxygens (including phenoxy) is 1. The number of rotatable bonds is 1. The Balaban J connectivity index is 2.78. The van der Waals surface area contributed by atoms with E-state index in [4.69, 9.17) is 5.73 Å². The van der Waals surface area contributed by atoms with E-state index in [1.165, 1.54) is 11.7 Å². The van der Waals surface area contributed by atoms with E-state index in [1.54, 1.807) is 13.8 Å². The molecule has 7 heteroatoms. The largest absolute Gasteiger partial charge is 0.464 e. The zero-order valence-corrected chi connectivity index (χ0v) is 9.18. The van der Waals surface area contributed by atoms with Crippen molar-refractivity contribution >= 4 is 17.3 Å². The lowest BCUT2D eigenvalue weighted by molar-refractivity contribution is 0.0592. The van der Waals surface area contributed by atoms with Gasteiger partial charge in [-0.3, -0.25) is 0 Å². The van der Waals surface area contributed by atoms with Gasteiger partial charge in [-0.05, 0) is 13.8 Å². The second kappa shape index (κ2) is 3.44. The van der Waals surface area contributed by atoms with Crippen molar-refractivity contribution in [2.45, 2.75) is 13.8 Å². The Morgan fingerprint density at radius 3 is 2.69 bits per heavy atom. The first-order chi connectivity index (χ1) is 7.54. The number of nitrogen functional groups attached to an aromatic ring is 1. The second-order valence-corrected chi connectivity index (χ2v) is 3.35.